The number of hydrogen-bond acceptors (Lipinski definition) is 3. The number of carbonyl (C=O) groups excluding carboxylic acids is 1. The number of amides is 1. The van der Waals surface area contributed by atoms with E-state index in [9.17, 15) is 4.79 Å². The fourth-order valence-electron chi connectivity index (χ4n) is 2.32. The van der Waals surface area contributed by atoms with E-state index in [0.717, 1.165) is 12.8 Å². The molecule has 0 aliphatic heterocycles. The molecule has 2 aromatic rings. The Bertz CT molecular complexity index is 576. The van der Waals surface area contributed by atoms with Crippen molar-refractivity contribution < 1.29 is 4.79 Å². The molecule has 0 N–H and O–H groups in total. The molecule has 0 aliphatic carbocycles. The number of anilines is 1. The van der Waals surface area contributed by atoms with Crippen LogP contribution in [0, 0.1) is 0 Å². The summed E-state index contributed by atoms with van der Waals surface area (Å²) in [5, 5.41) is 2.08. The first kappa shape index (κ1) is 16.6. The fraction of sp³-hybridized carbons (Fsp3) is 0.389. The lowest BCUT2D eigenvalue weighted by molar-refractivity contribution is -0.130. The highest BCUT2D eigenvalue weighted by molar-refractivity contribution is 7.09. The summed E-state index contributed by atoms with van der Waals surface area (Å²) in [4.78, 5) is 17.4. The average Bonchev–Trinajstić information content (AvgIpc) is 3.01. The summed E-state index contributed by atoms with van der Waals surface area (Å²) >= 11 is 1.76. The highest BCUT2D eigenvalue weighted by Crippen LogP contribution is 2.15. The van der Waals surface area contributed by atoms with Crippen molar-refractivity contribution in [3.05, 3.63) is 52.2 Å². The van der Waals surface area contributed by atoms with E-state index in [4.69, 9.17) is 0 Å². The lowest BCUT2D eigenvalue weighted by Gasteiger charge is -2.18. The molecule has 0 radical (unpaired) electrons. The molecule has 0 fully saturated rings. The van der Waals surface area contributed by atoms with E-state index < -0.39 is 0 Å². The second kappa shape index (κ2) is 7.99. The third kappa shape index (κ3) is 4.88. The van der Waals surface area contributed by atoms with Crippen LogP contribution in [0.3, 0.4) is 0 Å². The molecule has 1 amide bonds. The highest BCUT2D eigenvalue weighted by Gasteiger charge is 2.09. The molecule has 2 rings (SSSR count). The third-order valence-corrected chi connectivity index (χ3v) is 4.63. The number of aryl methyl sites for hydroxylation is 1. The van der Waals surface area contributed by atoms with E-state index in [1.165, 1.54) is 16.1 Å². The maximum atomic E-state index is 12.2. The Labute approximate surface area is 137 Å². The Morgan fingerprint density at radius 2 is 1.82 bits per heavy atom. The first-order chi connectivity index (χ1) is 10.6. The van der Waals surface area contributed by atoms with Gasteiger partial charge in [0.25, 0.3) is 0 Å². The van der Waals surface area contributed by atoms with Crippen molar-refractivity contribution in [3.8, 4) is 0 Å². The second-order valence-electron chi connectivity index (χ2n) is 5.74. The number of nitrogens with zero attached hydrogens (tertiary/aromatic N) is 2. The molecule has 0 saturated heterocycles. The maximum Gasteiger partial charge on any atom is 0.222 e. The number of thiophene rings is 1. The molecule has 0 unspecified atom stereocenters. The number of hydrogen-bond donors (Lipinski definition) is 0. The molecular weight excluding hydrogens is 292 g/mol. The van der Waals surface area contributed by atoms with Crippen molar-refractivity contribution >= 4 is 22.9 Å². The number of rotatable bonds is 7. The molecule has 0 aliphatic rings. The SMILES string of the molecule is CN(Cc1ccc(N(C)C)cc1)C(=O)CCCc1cccs1. The van der Waals surface area contributed by atoms with E-state index in [0.29, 0.717) is 13.0 Å². The summed E-state index contributed by atoms with van der Waals surface area (Å²) < 4.78 is 0. The van der Waals surface area contributed by atoms with Gasteiger partial charge >= 0.3 is 0 Å². The zero-order valence-corrected chi connectivity index (χ0v) is 14.4. The van der Waals surface area contributed by atoms with Crippen molar-refractivity contribution in [1.82, 2.24) is 4.90 Å². The minimum absolute atomic E-state index is 0.216. The van der Waals surface area contributed by atoms with Crippen LogP contribution in [-0.2, 0) is 17.8 Å². The van der Waals surface area contributed by atoms with E-state index >= 15 is 0 Å². The summed E-state index contributed by atoms with van der Waals surface area (Å²) in [5.41, 5.74) is 2.34. The molecule has 0 atom stereocenters. The molecular formula is C18H24N2OS. The Kier molecular flexibility index (Phi) is 6.01. The van der Waals surface area contributed by atoms with Crippen LogP contribution in [0.25, 0.3) is 0 Å². The lowest BCUT2D eigenvalue weighted by Crippen LogP contribution is -2.26. The second-order valence-corrected chi connectivity index (χ2v) is 6.78. The van der Waals surface area contributed by atoms with Crippen LogP contribution in [0.4, 0.5) is 5.69 Å². The van der Waals surface area contributed by atoms with E-state index in [2.05, 4.69) is 46.7 Å². The van der Waals surface area contributed by atoms with Gasteiger partial charge in [-0.05, 0) is 42.0 Å². The first-order valence-corrected chi connectivity index (χ1v) is 8.47. The molecule has 0 bridgehead atoms. The van der Waals surface area contributed by atoms with Crippen molar-refractivity contribution in [2.24, 2.45) is 0 Å². The highest BCUT2D eigenvalue weighted by atomic mass is 32.1. The van der Waals surface area contributed by atoms with Crippen LogP contribution < -0.4 is 4.90 Å². The van der Waals surface area contributed by atoms with Crippen molar-refractivity contribution in [2.45, 2.75) is 25.8 Å². The van der Waals surface area contributed by atoms with Gasteiger partial charge in [0.2, 0.25) is 5.91 Å². The zero-order chi connectivity index (χ0) is 15.9. The number of benzene rings is 1. The largest absolute Gasteiger partial charge is 0.378 e. The van der Waals surface area contributed by atoms with Crippen LogP contribution in [-0.4, -0.2) is 32.0 Å². The molecule has 1 aromatic carbocycles. The van der Waals surface area contributed by atoms with Crippen LogP contribution >= 0.6 is 11.3 Å². The minimum Gasteiger partial charge on any atom is -0.378 e. The van der Waals surface area contributed by atoms with E-state index in [1.54, 1.807) is 11.3 Å². The van der Waals surface area contributed by atoms with E-state index in [-0.39, 0.29) is 5.91 Å². The Morgan fingerprint density at radius 1 is 1.09 bits per heavy atom. The van der Waals surface area contributed by atoms with Crippen LogP contribution in [0.2, 0.25) is 0 Å². The molecule has 1 aromatic heterocycles. The summed E-state index contributed by atoms with van der Waals surface area (Å²) in [6, 6.07) is 12.5. The van der Waals surface area contributed by atoms with Crippen LogP contribution in [0.1, 0.15) is 23.3 Å². The van der Waals surface area contributed by atoms with Gasteiger partial charge in [-0.25, -0.2) is 0 Å². The predicted molar refractivity (Wildman–Crippen MR) is 94.5 cm³/mol. The van der Waals surface area contributed by atoms with Gasteiger partial charge in [0.05, 0.1) is 0 Å². The van der Waals surface area contributed by atoms with Crippen molar-refractivity contribution in [1.29, 1.82) is 0 Å². The topological polar surface area (TPSA) is 23.6 Å². The molecule has 0 spiro atoms. The summed E-state index contributed by atoms with van der Waals surface area (Å²) in [7, 11) is 5.93. The zero-order valence-electron chi connectivity index (χ0n) is 13.6. The molecule has 0 saturated carbocycles. The summed E-state index contributed by atoms with van der Waals surface area (Å²) in [6.45, 7) is 0.672. The number of carbonyl (C=O) groups is 1. The van der Waals surface area contributed by atoms with Gasteiger partial charge in [-0.2, -0.15) is 0 Å². The summed E-state index contributed by atoms with van der Waals surface area (Å²) in [5.74, 6) is 0.216. The first-order valence-electron chi connectivity index (χ1n) is 7.59. The monoisotopic (exact) mass is 316 g/mol. The van der Waals surface area contributed by atoms with Gasteiger partial charge in [-0.15, -0.1) is 11.3 Å². The minimum atomic E-state index is 0.216. The third-order valence-electron chi connectivity index (χ3n) is 3.69. The Balaban J connectivity index is 1.77. The van der Waals surface area contributed by atoms with Gasteiger partial charge in [0, 0.05) is 44.7 Å². The lowest BCUT2D eigenvalue weighted by atomic mass is 10.1. The molecule has 3 nitrogen and oxygen atoms in total. The Morgan fingerprint density at radius 3 is 2.41 bits per heavy atom. The predicted octanol–water partition coefficient (Wildman–Crippen LogP) is 3.80. The fourth-order valence-corrected chi connectivity index (χ4v) is 3.07. The van der Waals surface area contributed by atoms with Crippen molar-refractivity contribution in [2.75, 3.05) is 26.0 Å². The molecule has 1 heterocycles. The van der Waals surface area contributed by atoms with Gasteiger partial charge in [0.1, 0.15) is 0 Å². The van der Waals surface area contributed by atoms with Gasteiger partial charge < -0.3 is 9.80 Å². The normalized spacial score (nSPS) is 10.5. The van der Waals surface area contributed by atoms with Crippen LogP contribution in [0.5, 0.6) is 0 Å². The Hall–Kier alpha value is -1.81. The van der Waals surface area contributed by atoms with Gasteiger partial charge in [-0.3, -0.25) is 4.79 Å². The van der Waals surface area contributed by atoms with Gasteiger partial charge in [-0.1, -0.05) is 18.2 Å². The molecule has 4 heteroatoms. The molecule has 118 valence electrons. The van der Waals surface area contributed by atoms with Gasteiger partial charge in [0.15, 0.2) is 0 Å². The maximum absolute atomic E-state index is 12.2. The average molecular weight is 316 g/mol. The molecule has 22 heavy (non-hydrogen) atoms. The summed E-state index contributed by atoms with van der Waals surface area (Å²) in [6.07, 6.45) is 2.53. The standard InChI is InChI=1S/C18H24N2OS/c1-19(2)16-11-9-15(10-12-16)14-20(3)18(21)8-4-6-17-7-5-13-22-17/h5,7,9-13H,4,6,8,14H2,1-3H3. The van der Waals surface area contributed by atoms with E-state index in [1.807, 2.05) is 26.0 Å². The quantitative estimate of drug-likeness (QED) is 0.776. The van der Waals surface area contributed by atoms with Crippen LogP contribution in [0.15, 0.2) is 41.8 Å². The van der Waals surface area contributed by atoms with Crippen molar-refractivity contribution in [3.63, 3.8) is 0 Å². The smallest absolute Gasteiger partial charge is 0.222 e.